The van der Waals surface area contributed by atoms with Gasteiger partial charge in [0.1, 0.15) is 5.82 Å². The van der Waals surface area contributed by atoms with E-state index in [0.717, 1.165) is 34.3 Å². The number of hydrogen-bond acceptors (Lipinski definition) is 2. The van der Waals surface area contributed by atoms with E-state index in [1.165, 1.54) is 38.3 Å². The molecule has 0 saturated carbocycles. The van der Waals surface area contributed by atoms with Crippen molar-refractivity contribution >= 4 is 54.5 Å². The summed E-state index contributed by atoms with van der Waals surface area (Å²) in [5.74, 6) is 0.667. The molecule has 8 aromatic rings. The molecule has 0 fully saturated rings. The first-order valence-electron chi connectivity index (χ1n) is 17.0. The standard InChI is InChI=1S/C43H42N4O/c1-9-45-37-13-11-10-12-31(37)34-24-29(17-21-38(34)45)46-26(2)44-36-18-16-30(25-35(36)41(46)48)47-39-19-14-27(42(3,4)5)22-32(39)33-23-28(43(6,7)8)15-20-40(33)47/h10-25H,9H2,1-8H3. The molecule has 0 radical (unpaired) electrons. The summed E-state index contributed by atoms with van der Waals surface area (Å²) in [5.41, 5.74) is 9.68. The van der Waals surface area contributed by atoms with Crippen LogP contribution >= 0.6 is 0 Å². The second-order valence-corrected chi connectivity index (χ2v) is 15.3. The fraction of sp³-hybridized carbons (Fsp3) is 0.256. The Morgan fingerprint density at radius 3 is 1.71 bits per heavy atom. The van der Waals surface area contributed by atoms with Crippen LogP contribution in [0, 0.1) is 6.92 Å². The Kier molecular flexibility index (Phi) is 6.55. The lowest BCUT2D eigenvalue weighted by atomic mass is 9.85. The lowest BCUT2D eigenvalue weighted by molar-refractivity contribution is 0.590. The van der Waals surface area contributed by atoms with Gasteiger partial charge in [-0.25, -0.2) is 4.98 Å². The van der Waals surface area contributed by atoms with Crippen LogP contribution in [0.4, 0.5) is 0 Å². The van der Waals surface area contributed by atoms with Crippen molar-refractivity contribution < 1.29 is 0 Å². The van der Waals surface area contributed by atoms with E-state index < -0.39 is 0 Å². The molecule has 5 heteroatoms. The van der Waals surface area contributed by atoms with Gasteiger partial charge in [0, 0.05) is 44.8 Å². The molecule has 0 bridgehead atoms. The molecule has 0 atom stereocenters. The molecule has 3 heterocycles. The van der Waals surface area contributed by atoms with Gasteiger partial charge in [-0.15, -0.1) is 0 Å². The molecule has 5 aromatic carbocycles. The van der Waals surface area contributed by atoms with Gasteiger partial charge in [0.05, 0.1) is 27.6 Å². The molecular weight excluding hydrogens is 589 g/mol. The quantitative estimate of drug-likeness (QED) is 0.195. The molecule has 0 spiro atoms. The monoisotopic (exact) mass is 630 g/mol. The lowest BCUT2D eigenvalue weighted by Crippen LogP contribution is -2.22. The van der Waals surface area contributed by atoms with Crippen molar-refractivity contribution in [1.82, 2.24) is 18.7 Å². The normalized spacial score (nSPS) is 12.8. The molecule has 5 nitrogen and oxygen atoms in total. The maximum Gasteiger partial charge on any atom is 0.266 e. The zero-order valence-corrected chi connectivity index (χ0v) is 29.1. The van der Waals surface area contributed by atoms with E-state index >= 15 is 0 Å². The summed E-state index contributed by atoms with van der Waals surface area (Å²) in [6.07, 6.45) is 0. The molecule has 0 aliphatic heterocycles. The van der Waals surface area contributed by atoms with Crippen LogP contribution in [-0.2, 0) is 17.4 Å². The molecule has 48 heavy (non-hydrogen) atoms. The van der Waals surface area contributed by atoms with Gasteiger partial charge in [0.15, 0.2) is 0 Å². The van der Waals surface area contributed by atoms with Crippen LogP contribution < -0.4 is 5.56 Å². The maximum absolute atomic E-state index is 14.5. The summed E-state index contributed by atoms with van der Waals surface area (Å²) in [4.78, 5) is 19.4. The van der Waals surface area contributed by atoms with E-state index in [1.807, 2.05) is 25.1 Å². The van der Waals surface area contributed by atoms with Crippen molar-refractivity contribution in [3.63, 3.8) is 0 Å². The number of benzene rings is 5. The number of para-hydroxylation sites is 1. The first-order valence-corrected chi connectivity index (χ1v) is 17.0. The minimum absolute atomic E-state index is 0.0241. The van der Waals surface area contributed by atoms with Gasteiger partial charge in [0.25, 0.3) is 5.56 Å². The highest BCUT2D eigenvalue weighted by atomic mass is 16.1. The summed E-state index contributed by atoms with van der Waals surface area (Å²) < 4.78 is 6.40. The van der Waals surface area contributed by atoms with Gasteiger partial charge in [-0.3, -0.25) is 9.36 Å². The molecule has 240 valence electrons. The zero-order valence-electron chi connectivity index (χ0n) is 29.1. The van der Waals surface area contributed by atoms with E-state index in [4.69, 9.17) is 4.98 Å². The van der Waals surface area contributed by atoms with E-state index in [1.54, 1.807) is 4.57 Å². The van der Waals surface area contributed by atoms with Gasteiger partial charge in [0.2, 0.25) is 0 Å². The van der Waals surface area contributed by atoms with Crippen molar-refractivity contribution in [1.29, 1.82) is 0 Å². The number of fused-ring (bicyclic) bond motifs is 7. The molecule has 3 aromatic heterocycles. The fourth-order valence-corrected chi connectivity index (χ4v) is 7.48. The Hall–Kier alpha value is -5.16. The Morgan fingerprint density at radius 1 is 0.562 bits per heavy atom. The minimum Gasteiger partial charge on any atom is -0.341 e. The first kappa shape index (κ1) is 30.2. The lowest BCUT2D eigenvalue weighted by Gasteiger charge is -2.19. The van der Waals surface area contributed by atoms with Gasteiger partial charge in [-0.2, -0.15) is 0 Å². The molecule has 0 saturated heterocycles. The first-order chi connectivity index (χ1) is 22.8. The van der Waals surface area contributed by atoms with E-state index in [9.17, 15) is 4.79 Å². The molecule has 0 amide bonds. The second-order valence-electron chi connectivity index (χ2n) is 15.3. The average Bonchev–Trinajstić information content (AvgIpc) is 3.55. The van der Waals surface area contributed by atoms with Gasteiger partial charge < -0.3 is 9.13 Å². The van der Waals surface area contributed by atoms with Crippen LogP contribution in [-0.4, -0.2) is 18.7 Å². The Labute approximate surface area is 281 Å². The smallest absolute Gasteiger partial charge is 0.266 e. The Bertz CT molecular complexity index is 2580. The van der Waals surface area contributed by atoms with E-state index in [0.29, 0.717) is 16.7 Å². The molecule has 0 unspecified atom stereocenters. The third-order valence-corrected chi connectivity index (χ3v) is 10.1. The Balaban J connectivity index is 1.36. The van der Waals surface area contributed by atoms with Crippen LogP contribution in [0.5, 0.6) is 0 Å². The van der Waals surface area contributed by atoms with Crippen molar-refractivity contribution in [3.05, 3.63) is 124 Å². The van der Waals surface area contributed by atoms with Gasteiger partial charge >= 0.3 is 0 Å². The molecule has 0 N–H and O–H groups in total. The number of nitrogens with zero attached hydrogens (tertiary/aromatic N) is 4. The zero-order chi connectivity index (χ0) is 33.7. The van der Waals surface area contributed by atoms with Crippen molar-refractivity contribution in [2.45, 2.75) is 72.8 Å². The fourth-order valence-electron chi connectivity index (χ4n) is 7.48. The number of aryl methyl sites for hydroxylation is 2. The van der Waals surface area contributed by atoms with E-state index in [2.05, 4.69) is 136 Å². The maximum atomic E-state index is 14.5. The summed E-state index contributed by atoms with van der Waals surface area (Å²) in [5, 5.41) is 5.38. The highest BCUT2D eigenvalue weighted by Crippen LogP contribution is 2.38. The number of hydrogen-bond donors (Lipinski definition) is 0. The number of aromatic nitrogens is 4. The van der Waals surface area contributed by atoms with Gasteiger partial charge in [-0.1, -0.05) is 71.9 Å². The predicted octanol–water partition coefficient (Wildman–Crippen LogP) is 10.5. The van der Waals surface area contributed by atoms with Crippen molar-refractivity contribution in [3.8, 4) is 11.4 Å². The average molecular weight is 631 g/mol. The van der Waals surface area contributed by atoms with Crippen LogP contribution in [0.2, 0.25) is 0 Å². The Morgan fingerprint density at radius 2 is 1.08 bits per heavy atom. The topological polar surface area (TPSA) is 44.8 Å². The van der Waals surface area contributed by atoms with Crippen LogP contribution in [0.3, 0.4) is 0 Å². The van der Waals surface area contributed by atoms with Crippen LogP contribution in [0.15, 0.2) is 102 Å². The highest BCUT2D eigenvalue weighted by molar-refractivity contribution is 6.10. The summed E-state index contributed by atoms with van der Waals surface area (Å²) in [6, 6.07) is 34.6. The second kappa shape index (κ2) is 10.4. The molecule has 8 rings (SSSR count). The summed E-state index contributed by atoms with van der Waals surface area (Å²) >= 11 is 0. The van der Waals surface area contributed by atoms with E-state index in [-0.39, 0.29) is 16.4 Å². The summed E-state index contributed by atoms with van der Waals surface area (Å²) in [7, 11) is 0. The largest absolute Gasteiger partial charge is 0.341 e. The van der Waals surface area contributed by atoms with Gasteiger partial charge in [-0.05, 0) is 103 Å². The number of rotatable bonds is 3. The van der Waals surface area contributed by atoms with Crippen LogP contribution in [0.25, 0.3) is 65.9 Å². The third kappa shape index (κ3) is 4.51. The molecule has 0 aliphatic rings. The SMILES string of the molecule is CCn1c2ccccc2c2cc(-n3c(C)nc4ccc(-n5c6ccc(C(C)(C)C)cc6c6cc(C(C)(C)C)ccc65)cc4c3=O)ccc21. The highest BCUT2D eigenvalue weighted by Gasteiger charge is 2.22. The predicted molar refractivity (Wildman–Crippen MR) is 202 cm³/mol. The molecule has 0 aliphatic carbocycles. The van der Waals surface area contributed by atoms with Crippen molar-refractivity contribution in [2.75, 3.05) is 0 Å². The third-order valence-electron chi connectivity index (χ3n) is 10.1. The van der Waals surface area contributed by atoms with Crippen LogP contribution in [0.1, 0.15) is 65.4 Å². The molecular formula is C43H42N4O. The minimum atomic E-state index is -0.0660. The summed E-state index contributed by atoms with van der Waals surface area (Å²) in [6.45, 7) is 18.5. The van der Waals surface area contributed by atoms with Crippen molar-refractivity contribution in [2.24, 2.45) is 0 Å².